The van der Waals surface area contributed by atoms with Gasteiger partial charge in [0, 0.05) is 6.04 Å². The van der Waals surface area contributed by atoms with E-state index in [1.165, 1.54) is 12.8 Å². The zero-order valence-corrected chi connectivity index (χ0v) is 7.05. The van der Waals surface area contributed by atoms with Crippen LogP contribution < -0.4 is 5.48 Å². The van der Waals surface area contributed by atoms with Gasteiger partial charge in [-0.3, -0.25) is 4.84 Å². The van der Waals surface area contributed by atoms with Crippen LogP contribution in [0.5, 0.6) is 0 Å². The van der Waals surface area contributed by atoms with Crippen molar-refractivity contribution in [3.63, 3.8) is 0 Å². The zero-order chi connectivity index (χ0) is 7.56. The Labute approximate surface area is 62.9 Å². The maximum Gasteiger partial charge on any atom is 0.0734 e. The van der Waals surface area contributed by atoms with E-state index in [0.29, 0.717) is 12.1 Å². The molecule has 0 spiro atoms. The third-order valence-corrected chi connectivity index (χ3v) is 1.82. The van der Waals surface area contributed by atoms with Gasteiger partial charge in [0.1, 0.15) is 0 Å². The van der Waals surface area contributed by atoms with Gasteiger partial charge in [0.2, 0.25) is 0 Å². The molecule has 2 nitrogen and oxygen atoms in total. The molecule has 1 saturated carbocycles. The van der Waals surface area contributed by atoms with Crippen molar-refractivity contribution in [2.75, 3.05) is 0 Å². The minimum absolute atomic E-state index is 0.293. The molecule has 1 aliphatic carbocycles. The molecule has 1 aliphatic rings. The van der Waals surface area contributed by atoms with Crippen LogP contribution in [-0.2, 0) is 4.84 Å². The molecule has 1 atom stereocenters. The molecule has 0 aromatic heterocycles. The molecule has 1 rings (SSSR count). The Morgan fingerprint density at radius 1 is 1.30 bits per heavy atom. The van der Waals surface area contributed by atoms with Crippen molar-refractivity contribution in [3.8, 4) is 0 Å². The fourth-order valence-electron chi connectivity index (χ4n) is 0.936. The summed E-state index contributed by atoms with van der Waals surface area (Å²) in [5.74, 6) is 0.874. The number of nitrogens with one attached hydrogen (secondary N) is 1. The molecule has 0 aliphatic heterocycles. The Kier molecular flexibility index (Phi) is 2.69. The van der Waals surface area contributed by atoms with E-state index in [1.54, 1.807) is 0 Å². The molecule has 1 fully saturated rings. The molecule has 1 unspecified atom stereocenters. The van der Waals surface area contributed by atoms with E-state index in [0.717, 1.165) is 5.92 Å². The first-order valence-corrected chi connectivity index (χ1v) is 4.11. The first kappa shape index (κ1) is 8.02. The minimum Gasteiger partial charge on any atom is -0.299 e. The van der Waals surface area contributed by atoms with Gasteiger partial charge in [0.15, 0.2) is 0 Å². The summed E-state index contributed by atoms with van der Waals surface area (Å²) < 4.78 is 0. The highest BCUT2D eigenvalue weighted by Crippen LogP contribution is 2.32. The molecule has 0 saturated heterocycles. The molecule has 0 aromatic carbocycles. The summed E-state index contributed by atoms with van der Waals surface area (Å²) in [7, 11) is 0. The quantitative estimate of drug-likeness (QED) is 0.605. The normalized spacial score (nSPS) is 21.6. The van der Waals surface area contributed by atoms with Crippen molar-refractivity contribution >= 4 is 0 Å². The van der Waals surface area contributed by atoms with Gasteiger partial charge in [0.25, 0.3) is 0 Å². The Morgan fingerprint density at radius 3 is 2.30 bits per heavy atom. The van der Waals surface area contributed by atoms with Crippen molar-refractivity contribution in [1.82, 2.24) is 5.48 Å². The SMILES string of the molecule is CC(C)ONC(C)C1CC1. The minimum atomic E-state index is 0.293. The van der Waals surface area contributed by atoms with E-state index >= 15 is 0 Å². The molecular formula is C8H17NO. The first-order chi connectivity index (χ1) is 4.70. The summed E-state index contributed by atoms with van der Waals surface area (Å²) in [6.07, 6.45) is 3.03. The van der Waals surface area contributed by atoms with E-state index < -0.39 is 0 Å². The molecule has 0 radical (unpaired) electrons. The highest BCUT2D eigenvalue weighted by atomic mass is 16.7. The number of hydroxylamine groups is 1. The third-order valence-electron chi connectivity index (χ3n) is 1.82. The number of rotatable bonds is 4. The summed E-state index contributed by atoms with van der Waals surface area (Å²) in [5, 5.41) is 0. The van der Waals surface area contributed by atoms with Crippen LogP contribution in [0.4, 0.5) is 0 Å². The van der Waals surface area contributed by atoms with Crippen LogP contribution >= 0.6 is 0 Å². The molecule has 0 amide bonds. The molecule has 1 N–H and O–H groups in total. The average Bonchev–Trinajstić information content (AvgIpc) is 2.63. The van der Waals surface area contributed by atoms with Crippen LogP contribution in [0, 0.1) is 5.92 Å². The summed E-state index contributed by atoms with van der Waals surface area (Å²) in [4.78, 5) is 5.25. The average molecular weight is 143 g/mol. The van der Waals surface area contributed by atoms with E-state index in [9.17, 15) is 0 Å². The topological polar surface area (TPSA) is 21.3 Å². The summed E-state index contributed by atoms with van der Waals surface area (Å²) in [6.45, 7) is 6.25. The molecule has 0 aromatic rings. The molecule has 10 heavy (non-hydrogen) atoms. The lowest BCUT2D eigenvalue weighted by atomic mass is 10.2. The van der Waals surface area contributed by atoms with E-state index in [2.05, 4.69) is 12.4 Å². The van der Waals surface area contributed by atoms with Crippen LogP contribution in [0.25, 0.3) is 0 Å². The van der Waals surface area contributed by atoms with Crippen LogP contribution in [0.1, 0.15) is 33.6 Å². The molecular weight excluding hydrogens is 126 g/mol. The molecule has 0 heterocycles. The molecule has 2 heteroatoms. The summed E-state index contributed by atoms with van der Waals surface area (Å²) in [5.41, 5.74) is 3.04. The lowest BCUT2D eigenvalue weighted by Crippen LogP contribution is -2.30. The van der Waals surface area contributed by atoms with Gasteiger partial charge in [-0.25, -0.2) is 0 Å². The predicted octanol–water partition coefficient (Wildman–Crippen LogP) is 1.71. The van der Waals surface area contributed by atoms with Crippen LogP contribution in [-0.4, -0.2) is 12.1 Å². The fourth-order valence-corrected chi connectivity index (χ4v) is 0.936. The lowest BCUT2D eigenvalue weighted by molar-refractivity contribution is -0.0264. The zero-order valence-electron chi connectivity index (χ0n) is 7.05. The van der Waals surface area contributed by atoms with E-state index in [1.807, 2.05) is 13.8 Å². The van der Waals surface area contributed by atoms with Crippen molar-refractivity contribution in [2.24, 2.45) is 5.92 Å². The highest BCUT2D eigenvalue weighted by Gasteiger charge is 2.27. The van der Waals surface area contributed by atoms with Gasteiger partial charge < -0.3 is 0 Å². The third kappa shape index (κ3) is 2.67. The smallest absolute Gasteiger partial charge is 0.0734 e. The Bertz CT molecular complexity index is 99.4. The summed E-state index contributed by atoms with van der Waals surface area (Å²) >= 11 is 0. The maximum absolute atomic E-state index is 5.25. The Balaban J connectivity index is 2.00. The Hall–Kier alpha value is -0.0800. The van der Waals surface area contributed by atoms with Crippen molar-refractivity contribution in [1.29, 1.82) is 0 Å². The van der Waals surface area contributed by atoms with Crippen molar-refractivity contribution < 1.29 is 4.84 Å². The van der Waals surface area contributed by atoms with E-state index in [4.69, 9.17) is 4.84 Å². The molecule has 60 valence electrons. The maximum atomic E-state index is 5.25. The fraction of sp³-hybridized carbons (Fsp3) is 1.00. The van der Waals surface area contributed by atoms with E-state index in [-0.39, 0.29) is 0 Å². The number of hydrogen-bond donors (Lipinski definition) is 1. The van der Waals surface area contributed by atoms with Gasteiger partial charge in [-0.1, -0.05) is 0 Å². The van der Waals surface area contributed by atoms with Crippen molar-refractivity contribution in [2.45, 2.75) is 45.8 Å². The Morgan fingerprint density at radius 2 is 1.90 bits per heavy atom. The van der Waals surface area contributed by atoms with Crippen LogP contribution in [0.15, 0.2) is 0 Å². The standard InChI is InChI=1S/C8H17NO/c1-6(2)10-9-7(3)8-4-5-8/h6-9H,4-5H2,1-3H3. The second kappa shape index (κ2) is 3.35. The summed E-state index contributed by atoms with van der Waals surface area (Å²) in [6, 6.07) is 0.544. The largest absolute Gasteiger partial charge is 0.299 e. The molecule has 0 bridgehead atoms. The van der Waals surface area contributed by atoms with Crippen LogP contribution in [0.2, 0.25) is 0 Å². The monoisotopic (exact) mass is 143 g/mol. The van der Waals surface area contributed by atoms with Crippen LogP contribution in [0.3, 0.4) is 0 Å². The second-order valence-corrected chi connectivity index (χ2v) is 3.41. The second-order valence-electron chi connectivity index (χ2n) is 3.41. The van der Waals surface area contributed by atoms with Gasteiger partial charge in [-0.2, -0.15) is 5.48 Å². The van der Waals surface area contributed by atoms with Gasteiger partial charge in [-0.15, -0.1) is 0 Å². The predicted molar refractivity (Wildman–Crippen MR) is 41.5 cm³/mol. The van der Waals surface area contributed by atoms with Gasteiger partial charge in [0.05, 0.1) is 6.10 Å². The number of hydrogen-bond acceptors (Lipinski definition) is 2. The highest BCUT2D eigenvalue weighted by molar-refractivity contribution is 4.81. The van der Waals surface area contributed by atoms with Crippen molar-refractivity contribution in [3.05, 3.63) is 0 Å². The first-order valence-electron chi connectivity index (χ1n) is 4.11. The lowest BCUT2D eigenvalue weighted by Gasteiger charge is -2.14. The van der Waals surface area contributed by atoms with Gasteiger partial charge in [-0.05, 0) is 39.5 Å². The van der Waals surface area contributed by atoms with Gasteiger partial charge >= 0.3 is 0 Å².